The van der Waals surface area contributed by atoms with Crippen LogP contribution in [0.1, 0.15) is 36.9 Å². The third-order valence-corrected chi connectivity index (χ3v) is 6.13. The molecule has 0 bridgehead atoms. The van der Waals surface area contributed by atoms with Crippen LogP contribution >= 0.6 is 0 Å². The lowest BCUT2D eigenvalue weighted by molar-refractivity contribution is -0.120. The Balaban J connectivity index is 1.38. The molecule has 1 aliphatic rings. The predicted molar refractivity (Wildman–Crippen MR) is 119 cm³/mol. The van der Waals surface area contributed by atoms with E-state index in [4.69, 9.17) is 0 Å². The quantitative estimate of drug-likeness (QED) is 0.633. The second kappa shape index (κ2) is 9.43. The van der Waals surface area contributed by atoms with Crippen LogP contribution in [0.25, 0.3) is 10.9 Å². The van der Waals surface area contributed by atoms with Gasteiger partial charge in [0.1, 0.15) is 5.82 Å². The molecule has 2 heterocycles. The summed E-state index contributed by atoms with van der Waals surface area (Å²) in [7, 11) is 0. The van der Waals surface area contributed by atoms with E-state index in [1.165, 1.54) is 10.9 Å². The highest BCUT2D eigenvalue weighted by atomic mass is 19.1. The zero-order valence-corrected chi connectivity index (χ0v) is 17.6. The molecule has 0 unspecified atom stereocenters. The number of amides is 1. The first-order valence-electron chi connectivity index (χ1n) is 11.0. The van der Waals surface area contributed by atoms with Gasteiger partial charge in [-0.3, -0.25) is 4.79 Å². The lowest BCUT2D eigenvalue weighted by Gasteiger charge is -2.33. The van der Waals surface area contributed by atoms with Crippen molar-refractivity contribution >= 4 is 16.8 Å². The highest BCUT2D eigenvalue weighted by Gasteiger charge is 2.21. The Hall–Kier alpha value is -2.66. The lowest BCUT2D eigenvalue weighted by Crippen LogP contribution is -2.35. The van der Waals surface area contributed by atoms with Gasteiger partial charge in [0.05, 0.1) is 6.42 Å². The Bertz CT molecular complexity index is 1000. The van der Waals surface area contributed by atoms with E-state index in [1.54, 1.807) is 12.1 Å². The topological polar surface area (TPSA) is 37.3 Å². The summed E-state index contributed by atoms with van der Waals surface area (Å²) in [5, 5.41) is 4.09. The highest BCUT2D eigenvalue weighted by molar-refractivity contribution is 5.84. The van der Waals surface area contributed by atoms with Gasteiger partial charge in [0.15, 0.2) is 0 Å². The molecule has 1 aliphatic heterocycles. The number of halogens is 1. The number of piperidine rings is 1. The Morgan fingerprint density at radius 1 is 1.13 bits per heavy atom. The van der Waals surface area contributed by atoms with Crippen LogP contribution in [0.3, 0.4) is 0 Å². The van der Waals surface area contributed by atoms with Gasteiger partial charge in [0.2, 0.25) is 5.91 Å². The lowest BCUT2D eigenvalue weighted by atomic mass is 10.0. The fourth-order valence-electron chi connectivity index (χ4n) is 4.47. The van der Waals surface area contributed by atoms with Crippen LogP contribution in [0.15, 0.2) is 54.7 Å². The molecule has 1 amide bonds. The van der Waals surface area contributed by atoms with Crippen molar-refractivity contribution in [3.63, 3.8) is 0 Å². The average Bonchev–Trinajstić information content (AvgIpc) is 3.17. The smallest absolute Gasteiger partial charge is 0.224 e. The summed E-state index contributed by atoms with van der Waals surface area (Å²) >= 11 is 0. The molecule has 1 aromatic heterocycles. The van der Waals surface area contributed by atoms with Gasteiger partial charge >= 0.3 is 0 Å². The fourth-order valence-corrected chi connectivity index (χ4v) is 4.47. The zero-order chi connectivity index (χ0) is 20.9. The molecule has 4 rings (SSSR count). The second-order valence-electron chi connectivity index (χ2n) is 8.16. The van der Waals surface area contributed by atoms with E-state index in [1.807, 2.05) is 25.1 Å². The molecule has 0 aliphatic carbocycles. The monoisotopic (exact) mass is 407 g/mol. The number of aromatic nitrogens is 1. The Morgan fingerprint density at radius 2 is 1.93 bits per heavy atom. The van der Waals surface area contributed by atoms with Crippen LogP contribution in [-0.2, 0) is 17.6 Å². The van der Waals surface area contributed by atoms with Crippen molar-refractivity contribution in [2.45, 2.75) is 38.6 Å². The molecule has 0 radical (unpaired) electrons. The molecule has 4 nitrogen and oxygen atoms in total. The predicted octanol–water partition coefficient (Wildman–Crippen LogP) is 4.34. The number of likely N-dealkylation sites (N-methyl/N-ethyl adjacent to an activating group) is 1. The molecule has 0 saturated carbocycles. The number of benzene rings is 2. The van der Waals surface area contributed by atoms with Crippen LogP contribution in [-0.4, -0.2) is 41.6 Å². The van der Waals surface area contributed by atoms with Crippen LogP contribution in [0.2, 0.25) is 0 Å². The first kappa shape index (κ1) is 20.6. The standard InChI is InChI=1S/C25H30FN3O/c1-2-27-25(30)18-19-7-8-21-10-16-29(24(21)17-19)22-11-14-28(15-12-22)13-9-20-5-3-4-6-23(20)26/h3-8,10,16-17,22H,2,9,11-15,18H2,1H3,(H,27,30). The first-order chi connectivity index (χ1) is 14.6. The Morgan fingerprint density at radius 3 is 2.70 bits per heavy atom. The summed E-state index contributed by atoms with van der Waals surface area (Å²) in [6, 6.07) is 16.0. The maximum Gasteiger partial charge on any atom is 0.224 e. The van der Waals surface area contributed by atoms with Crippen molar-refractivity contribution in [2.24, 2.45) is 0 Å². The van der Waals surface area contributed by atoms with Gasteiger partial charge in [-0.2, -0.15) is 0 Å². The minimum absolute atomic E-state index is 0.0677. The van der Waals surface area contributed by atoms with Gasteiger partial charge in [-0.1, -0.05) is 30.3 Å². The Labute approximate surface area is 177 Å². The van der Waals surface area contributed by atoms with E-state index in [9.17, 15) is 9.18 Å². The van der Waals surface area contributed by atoms with E-state index in [-0.39, 0.29) is 11.7 Å². The van der Waals surface area contributed by atoms with E-state index < -0.39 is 0 Å². The first-order valence-corrected chi connectivity index (χ1v) is 11.0. The van der Waals surface area contributed by atoms with Crippen molar-refractivity contribution in [2.75, 3.05) is 26.2 Å². The SMILES string of the molecule is CCNC(=O)Cc1ccc2ccn(C3CCN(CCc4ccccc4F)CC3)c2c1. The maximum absolute atomic E-state index is 13.8. The number of fused-ring (bicyclic) bond motifs is 1. The van der Waals surface area contributed by atoms with Gasteiger partial charge in [-0.05, 0) is 60.9 Å². The van der Waals surface area contributed by atoms with E-state index in [0.29, 0.717) is 19.0 Å². The average molecular weight is 408 g/mol. The van der Waals surface area contributed by atoms with Crippen molar-refractivity contribution in [1.29, 1.82) is 0 Å². The zero-order valence-electron chi connectivity index (χ0n) is 17.6. The number of hydrogen-bond acceptors (Lipinski definition) is 2. The van der Waals surface area contributed by atoms with Gasteiger partial charge in [-0.25, -0.2) is 4.39 Å². The molecule has 5 heteroatoms. The number of likely N-dealkylation sites (tertiary alicyclic amines) is 1. The molecule has 3 aromatic rings. The Kier molecular flexibility index (Phi) is 6.48. The number of hydrogen-bond donors (Lipinski definition) is 1. The minimum Gasteiger partial charge on any atom is -0.356 e. The number of carbonyl (C=O) groups excluding carboxylic acids is 1. The number of carbonyl (C=O) groups is 1. The van der Waals surface area contributed by atoms with Gasteiger partial charge < -0.3 is 14.8 Å². The van der Waals surface area contributed by atoms with Crippen LogP contribution in [0, 0.1) is 5.82 Å². The third-order valence-electron chi connectivity index (χ3n) is 6.13. The number of nitrogens with one attached hydrogen (secondary N) is 1. The van der Waals surface area contributed by atoms with E-state index in [0.717, 1.165) is 50.0 Å². The third kappa shape index (κ3) is 4.73. The fraction of sp³-hybridized carbons (Fsp3) is 0.400. The van der Waals surface area contributed by atoms with Crippen LogP contribution in [0.4, 0.5) is 4.39 Å². The van der Waals surface area contributed by atoms with Crippen molar-refractivity contribution < 1.29 is 9.18 Å². The molecule has 0 atom stereocenters. The highest BCUT2D eigenvalue weighted by Crippen LogP contribution is 2.28. The van der Waals surface area contributed by atoms with Crippen molar-refractivity contribution in [1.82, 2.24) is 14.8 Å². The van der Waals surface area contributed by atoms with Gasteiger partial charge in [-0.15, -0.1) is 0 Å². The normalized spacial score (nSPS) is 15.5. The second-order valence-corrected chi connectivity index (χ2v) is 8.16. The van der Waals surface area contributed by atoms with Crippen LogP contribution in [0.5, 0.6) is 0 Å². The molecule has 1 N–H and O–H groups in total. The van der Waals surface area contributed by atoms with Crippen molar-refractivity contribution in [3.05, 3.63) is 71.7 Å². The summed E-state index contributed by atoms with van der Waals surface area (Å²) in [6.45, 7) is 5.55. The molecular formula is C25H30FN3O. The van der Waals surface area contributed by atoms with Gasteiger partial charge in [0, 0.05) is 43.9 Å². The minimum atomic E-state index is -0.102. The molecule has 1 saturated heterocycles. The van der Waals surface area contributed by atoms with E-state index >= 15 is 0 Å². The summed E-state index contributed by atoms with van der Waals surface area (Å²) < 4.78 is 16.2. The van der Waals surface area contributed by atoms with Crippen LogP contribution < -0.4 is 5.32 Å². The number of nitrogens with zero attached hydrogens (tertiary/aromatic N) is 2. The summed E-state index contributed by atoms with van der Waals surface area (Å²) in [4.78, 5) is 14.4. The molecule has 0 spiro atoms. The molecule has 2 aromatic carbocycles. The largest absolute Gasteiger partial charge is 0.356 e. The van der Waals surface area contributed by atoms with Gasteiger partial charge in [0.25, 0.3) is 0 Å². The van der Waals surface area contributed by atoms with E-state index in [2.05, 4.69) is 39.2 Å². The number of rotatable bonds is 7. The summed E-state index contributed by atoms with van der Waals surface area (Å²) in [5.74, 6) is -0.0345. The van der Waals surface area contributed by atoms with Crippen molar-refractivity contribution in [3.8, 4) is 0 Å². The maximum atomic E-state index is 13.8. The molecular weight excluding hydrogens is 377 g/mol. The summed E-state index contributed by atoms with van der Waals surface area (Å²) in [5.41, 5.74) is 3.06. The molecule has 30 heavy (non-hydrogen) atoms. The molecule has 1 fully saturated rings. The molecule has 158 valence electrons. The summed E-state index contributed by atoms with van der Waals surface area (Å²) in [6.07, 6.45) is 5.53.